The average Bonchev–Trinajstić information content (AvgIpc) is 2.70. The van der Waals surface area contributed by atoms with Crippen molar-refractivity contribution >= 4 is 23.4 Å². The highest BCUT2D eigenvalue weighted by molar-refractivity contribution is 6.35. The van der Waals surface area contributed by atoms with Crippen molar-refractivity contribution < 1.29 is 9.90 Å². The molecule has 0 aliphatic heterocycles. The summed E-state index contributed by atoms with van der Waals surface area (Å²) in [5.74, 6) is -1.03. The molecule has 6 nitrogen and oxygen atoms in total. The van der Waals surface area contributed by atoms with Crippen LogP contribution in [-0.4, -0.2) is 20.9 Å². The summed E-state index contributed by atoms with van der Waals surface area (Å²) >= 11 is 5.98. The van der Waals surface area contributed by atoms with Gasteiger partial charge in [-0.05, 0) is 12.1 Å². The number of carboxylic acids is 1. The van der Waals surface area contributed by atoms with Crippen LogP contribution in [0.2, 0.25) is 5.02 Å². The normalized spacial score (nSPS) is 10.0. The predicted octanol–water partition coefficient (Wildman–Crippen LogP) is 1.68. The Morgan fingerprint density at radius 1 is 1.56 bits per heavy atom. The number of rotatable bonds is 2. The second-order valence-corrected chi connectivity index (χ2v) is 3.79. The fraction of sp³-hybridized carbons (Fsp3) is 0. The lowest BCUT2D eigenvalue weighted by Crippen LogP contribution is -2.06. The number of aromatic nitrogens is 2. The highest BCUT2D eigenvalue weighted by Crippen LogP contribution is 2.27. The van der Waals surface area contributed by atoms with Gasteiger partial charge in [-0.2, -0.15) is 10.4 Å². The van der Waals surface area contributed by atoms with Gasteiger partial charge in [0.1, 0.15) is 17.5 Å². The number of hydrogen-bond donors (Lipinski definition) is 2. The first kappa shape index (κ1) is 12.0. The second-order valence-electron chi connectivity index (χ2n) is 3.41. The van der Waals surface area contributed by atoms with Gasteiger partial charge in [0.25, 0.3) is 0 Å². The standard InChI is InChI=1S/C11H7ClN4O2/c12-9-7(11(17)18)2-1-3-8(9)16-10(14)6(4-13)5-15-16/h1-3,5H,14H2,(H,17,18). The van der Waals surface area contributed by atoms with Crippen molar-refractivity contribution in [3.63, 3.8) is 0 Å². The number of nitriles is 1. The minimum Gasteiger partial charge on any atom is -0.478 e. The van der Waals surface area contributed by atoms with Crippen LogP contribution in [-0.2, 0) is 0 Å². The van der Waals surface area contributed by atoms with Crippen LogP contribution in [0.4, 0.5) is 5.82 Å². The third kappa shape index (κ3) is 1.77. The Morgan fingerprint density at radius 2 is 2.28 bits per heavy atom. The highest BCUT2D eigenvalue weighted by atomic mass is 35.5. The van der Waals surface area contributed by atoms with Crippen LogP contribution in [0.15, 0.2) is 24.4 Å². The van der Waals surface area contributed by atoms with Crippen LogP contribution in [0.3, 0.4) is 0 Å². The Balaban J connectivity index is 2.65. The molecule has 0 radical (unpaired) electrons. The zero-order chi connectivity index (χ0) is 13.3. The molecule has 18 heavy (non-hydrogen) atoms. The summed E-state index contributed by atoms with van der Waals surface area (Å²) in [6.07, 6.45) is 1.29. The van der Waals surface area contributed by atoms with Gasteiger partial charge in [-0.1, -0.05) is 17.7 Å². The maximum absolute atomic E-state index is 11.0. The molecule has 2 aromatic rings. The number of halogens is 1. The third-order valence-corrected chi connectivity index (χ3v) is 2.76. The number of benzene rings is 1. The molecule has 0 saturated heterocycles. The molecule has 0 fully saturated rings. The number of aromatic carboxylic acids is 1. The van der Waals surface area contributed by atoms with E-state index in [1.165, 1.54) is 23.0 Å². The first-order chi connectivity index (χ1) is 8.56. The Labute approximate surface area is 107 Å². The monoisotopic (exact) mass is 262 g/mol. The quantitative estimate of drug-likeness (QED) is 0.856. The van der Waals surface area contributed by atoms with Crippen molar-refractivity contribution in [3.05, 3.63) is 40.5 Å². The molecule has 0 bridgehead atoms. The zero-order valence-electron chi connectivity index (χ0n) is 8.96. The van der Waals surface area contributed by atoms with E-state index in [-0.39, 0.29) is 22.0 Å². The molecule has 7 heteroatoms. The molecule has 0 unspecified atom stereocenters. The molecule has 0 atom stereocenters. The van der Waals surface area contributed by atoms with Gasteiger partial charge in [0.2, 0.25) is 0 Å². The molecule has 3 N–H and O–H groups in total. The van der Waals surface area contributed by atoms with E-state index >= 15 is 0 Å². The van der Waals surface area contributed by atoms with Crippen molar-refractivity contribution in [2.24, 2.45) is 0 Å². The molecule has 2 rings (SSSR count). The zero-order valence-corrected chi connectivity index (χ0v) is 9.72. The van der Waals surface area contributed by atoms with Crippen molar-refractivity contribution in [1.29, 1.82) is 5.26 Å². The van der Waals surface area contributed by atoms with E-state index in [4.69, 9.17) is 27.7 Å². The number of carboxylic acid groups (broad SMARTS) is 1. The van der Waals surface area contributed by atoms with E-state index in [0.29, 0.717) is 5.69 Å². The van der Waals surface area contributed by atoms with Gasteiger partial charge in [-0.15, -0.1) is 0 Å². The van der Waals surface area contributed by atoms with Gasteiger partial charge in [-0.25, -0.2) is 9.48 Å². The Morgan fingerprint density at radius 3 is 2.83 bits per heavy atom. The molecular weight excluding hydrogens is 256 g/mol. The van der Waals surface area contributed by atoms with Crippen molar-refractivity contribution in [2.45, 2.75) is 0 Å². The van der Waals surface area contributed by atoms with Gasteiger partial charge in [0, 0.05) is 0 Å². The van der Waals surface area contributed by atoms with E-state index in [9.17, 15) is 4.79 Å². The summed E-state index contributed by atoms with van der Waals surface area (Å²) in [7, 11) is 0. The molecular formula is C11H7ClN4O2. The molecule has 0 saturated carbocycles. The van der Waals surface area contributed by atoms with Gasteiger partial charge >= 0.3 is 5.97 Å². The number of carbonyl (C=O) groups is 1. The van der Waals surface area contributed by atoms with Gasteiger partial charge in [-0.3, -0.25) is 0 Å². The topological polar surface area (TPSA) is 105 Å². The van der Waals surface area contributed by atoms with Gasteiger partial charge in [0.15, 0.2) is 0 Å². The summed E-state index contributed by atoms with van der Waals surface area (Å²) in [4.78, 5) is 11.0. The average molecular weight is 263 g/mol. The second kappa shape index (κ2) is 4.39. The number of nitrogens with zero attached hydrogens (tertiary/aromatic N) is 3. The molecule has 1 heterocycles. The smallest absolute Gasteiger partial charge is 0.337 e. The molecule has 0 spiro atoms. The van der Waals surface area contributed by atoms with Gasteiger partial charge in [0.05, 0.1) is 22.5 Å². The van der Waals surface area contributed by atoms with Crippen molar-refractivity contribution in [1.82, 2.24) is 9.78 Å². The predicted molar refractivity (Wildman–Crippen MR) is 64.7 cm³/mol. The van der Waals surface area contributed by atoms with Crippen LogP contribution >= 0.6 is 11.6 Å². The fourth-order valence-corrected chi connectivity index (χ4v) is 1.77. The van der Waals surface area contributed by atoms with Crippen molar-refractivity contribution in [3.8, 4) is 11.8 Å². The molecule has 0 aliphatic rings. The maximum Gasteiger partial charge on any atom is 0.337 e. The summed E-state index contributed by atoms with van der Waals surface area (Å²) in [6, 6.07) is 6.34. The maximum atomic E-state index is 11.0. The summed E-state index contributed by atoms with van der Waals surface area (Å²) in [5.41, 5.74) is 6.18. The lowest BCUT2D eigenvalue weighted by molar-refractivity contribution is 0.0697. The van der Waals surface area contributed by atoms with Crippen LogP contribution in [0.1, 0.15) is 15.9 Å². The number of nitrogens with two attached hydrogens (primary N) is 1. The lowest BCUT2D eigenvalue weighted by atomic mass is 10.2. The molecule has 90 valence electrons. The minimum atomic E-state index is -1.15. The van der Waals surface area contributed by atoms with Crippen LogP contribution in [0.25, 0.3) is 5.69 Å². The van der Waals surface area contributed by atoms with Crippen LogP contribution in [0, 0.1) is 11.3 Å². The minimum absolute atomic E-state index is 0.0179. The van der Waals surface area contributed by atoms with Crippen LogP contribution in [0.5, 0.6) is 0 Å². The fourth-order valence-electron chi connectivity index (χ4n) is 1.48. The molecule has 1 aromatic carbocycles. The first-order valence-electron chi connectivity index (χ1n) is 4.82. The highest BCUT2D eigenvalue weighted by Gasteiger charge is 2.16. The number of nitrogen functional groups attached to an aromatic ring is 1. The van der Waals surface area contributed by atoms with E-state index in [0.717, 1.165) is 0 Å². The first-order valence-corrected chi connectivity index (χ1v) is 5.20. The molecule has 0 aliphatic carbocycles. The van der Waals surface area contributed by atoms with E-state index < -0.39 is 5.97 Å². The van der Waals surface area contributed by atoms with E-state index in [1.807, 2.05) is 6.07 Å². The Kier molecular flexibility index (Phi) is 2.92. The summed E-state index contributed by atoms with van der Waals surface area (Å²) in [5, 5.41) is 21.7. The largest absolute Gasteiger partial charge is 0.478 e. The van der Waals surface area contributed by atoms with Crippen LogP contribution < -0.4 is 5.73 Å². The molecule has 0 amide bonds. The molecule has 1 aromatic heterocycles. The van der Waals surface area contributed by atoms with Gasteiger partial charge < -0.3 is 10.8 Å². The van der Waals surface area contributed by atoms with E-state index in [1.54, 1.807) is 6.07 Å². The summed E-state index contributed by atoms with van der Waals surface area (Å²) < 4.78 is 1.23. The SMILES string of the molecule is N#Cc1cnn(-c2cccc(C(=O)O)c2Cl)c1N. The summed E-state index contributed by atoms with van der Waals surface area (Å²) in [6.45, 7) is 0. The van der Waals surface area contributed by atoms with Crippen molar-refractivity contribution in [2.75, 3.05) is 5.73 Å². The van der Waals surface area contributed by atoms with E-state index in [2.05, 4.69) is 5.10 Å². The Bertz CT molecular complexity index is 672. The number of hydrogen-bond acceptors (Lipinski definition) is 4. The third-order valence-electron chi connectivity index (χ3n) is 2.36. The number of anilines is 1. The Hall–Kier alpha value is -2.52. The lowest BCUT2D eigenvalue weighted by Gasteiger charge is -2.08.